The van der Waals surface area contributed by atoms with Gasteiger partial charge in [-0.1, -0.05) is 12.7 Å². The van der Waals surface area contributed by atoms with Gasteiger partial charge in [-0.2, -0.15) is 0 Å². The highest BCUT2D eigenvalue weighted by Gasteiger charge is 2.11. The molecule has 1 atom stereocenters. The van der Waals surface area contributed by atoms with Crippen LogP contribution < -0.4 is 9.26 Å². The molecule has 82 valence electrons. The molecule has 1 unspecified atom stereocenters. The van der Waals surface area contributed by atoms with Crippen molar-refractivity contribution >= 4 is 7.60 Å². The molecule has 1 N–H and O–H groups in total. The van der Waals surface area contributed by atoms with Gasteiger partial charge in [0.2, 0.25) is 0 Å². The summed E-state index contributed by atoms with van der Waals surface area (Å²) in [6.07, 6.45) is 1.64. The maximum Gasteiger partial charge on any atom is 0.373 e. The van der Waals surface area contributed by atoms with Crippen LogP contribution in [-0.4, -0.2) is 18.2 Å². The fraction of sp³-hybridized carbons (Fsp3) is 0.200. The third-order valence-corrected chi connectivity index (χ3v) is 2.02. The first kappa shape index (κ1) is 11.8. The molecule has 0 aliphatic rings. The quantitative estimate of drug-likeness (QED) is 0.621. The summed E-state index contributed by atoms with van der Waals surface area (Å²) in [4.78, 5) is 8.97. The van der Waals surface area contributed by atoms with Crippen molar-refractivity contribution < 1.29 is 18.7 Å². The van der Waals surface area contributed by atoms with Gasteiger partial charge in [-0.05, 0) is 24.3 Å². The van der Waals surface area contributed by atoms with E-state index in [1.807, 2.05) is 0 Å². The molecule has 15 heavy (non-hydrogen) atoms. The van der Waals surface area contributed by atoms with Gasteiger partial charge in [-0.25, -0.2) is 4.57 Å². The van der Waals surface area contributed by atoms with Crippen LogP contribution in [0.4, 0.5) is 0 Å². The number of rotatable bonds is 5. The normalized spacial score (nSPS) is 14.0. The zero-order chi connectivity index (χ0) is 11.3. The third kappa shape index (κ3) is 4.68. The lowest BCUT2D eigenvalue weighted by atomic mass is 10.3. The van der Waals surface area contributed by atoms with Gasteiger partial charge in [-0.15, -0.1) is 0 Å². The predicted molar refractivity (Wildman–Crippen MR) is 58.5 cm³/mol. The molecule has 0 heterocycles. The molecule has 1 aromatic carbocycles. The Balaban J connectivity index is 2.64. The molecule has 0 aliphatic carbocycles. The molecule has 0 amide bonds. The highest BCUT2D eigenvalue weighted by Crippen LogP contribution is 2.38. The SMILES string of the molecule is C=CCOc1ccc(OP(C)(=O)O)cc1. The van der Waals surface area contributed by atoms with Crippen molar-refractivity contribution in [1.29, 1.82) is 0 Å². The first-order chi connectivity index (χ1) is 7.01. The average molecular weight is 228 g/mol. The van der Waals surface area contributed by atoms with Crippen LogP contribution in [0.3, 0.4) is 0 Å². The Bertz CT molecular complexity index is 366. The summed E-state index contributed by atoms with van der Waals surface area (Å²) in [6.45, 7) is 5.08. The fourth-order valence-electron chi connectivity index (χ4n) is 0.947. The van der Waals surface area contributed by atoms with Gasteiger partial charge in [0, 0.05) is 6.66 Å². The number of hydrogen-bond donors (Lipinski definition) is 1. The molecule has 0 spiro atoms. The van der Waals surface area contributed by atoms with Crippen LogP contribution in [0.5, 0.6) is 11.5 Å². The largest absolute Gasteiger partial charge is 0.490 e. The molecular formula is C10H13O4P. The molecule has 0 saturated heterocycles. The lowest BCUT2D eigenvalue weighted by Gasteiger charge is -2.09. The van der Waals surface area contributed by atoms with E-state index in [9.17, 15) is 4.57 Å². The highest BCUT2D eigenvalue weighted by atomic mass is 31.2. The van der Waals surface area contributed by atoms with E-state index in [2.05, 4.69) is 6.58 Å². The molecule has 0 bridgehead atoms. The van der Waals surface area contributed by atoms with Crippen molar-refractivity contribution in [3.05, 3.63) is 36.9 Å². The van der Waals surface area contributed by atoms with Crippen LogP contribution in [0.1, 0.15) is 0 Å². The first-order valence-electron chi connectivity index (χ1n) is 4.35. The van der Waals surface area contributed by atoms with Crippen LogP contribution in [0, 0.1) is 0 Å². The first-order valence-corrected chi connectivity index (χ1v) is 6.37. The second-order valence-corrected chi connectivity index (χ2v) is 4.75. The van der Waals surface area contributed by atoms with Crippen LogP contribution in [0.15, 0.2) is 36.9 Å². The van der Waals surface area contributed by atoms with Crippen LogP contribution in [0.25, 0.3) is 0 Å². The Labute approximate surface area is 88.7 Å². The molecule has 4 nitrogen and oxygen atoms in total. The van der Waals surface area contributed by atoms with Crippen LogP contribution >= 0.6 is 7.60 Å². The second kappa shape index (κ2) is 5.01. The van der Waals surface area contributed by atoms with E-state index in [1.54, 1.807) is 30.3 Å². The molecule has 0 aliphatic heterocycles. The Morgan fingerprint density at radius 2 is 1.93 bits per heavy atom. The van der Waals surface area contributed by atoms with Gasteiger partial charge in [0.15, 0.2) is 0 Å². The topological polar surface area (TPSA) is 55.8 Å². The highest BCUT2D eigenvalue weighted by molar-refractivity contribution is 7.52. The zero-order valence-electron chi connectivity index (χ0n) is 8.42. The van der Waals surface area contributed by atoms with Crippen molar-refractivity contribution in [1.82, 2.24) is 0 Å². The minimum absolute atomic E-state index is 0.342. The Morgan fingerprint density at radius 1 is 1.40 bits per heavy atom. The molecule has 0 fully saturated rings. The standard InChI is InChI=1S/C10H13O4P/c1-3-8-13-9-4-6-10(7-5-9)14-15(2,11)12/h3-7H,1,8H2,2H3,(H,11,12). The van der Waals surface area contributed by atoms with Gasteiger partial charge >= 0.3 is 7.60 Å². The van der Waals surface area contributed by atoms with E-state index in [4.69, 9.17) is 14.2 Å². The monoisotopic (exact) mass is 228 g/mol. The van der Waals surface area contributed by atoms with E-state index in [1.165, 1.54) is 0 Å². The van der Waals surface area contributed by atoms with Crippen molar-refractivity contribution in [3.8, 4) is 11.5 Å². The number of benzene rings is 1. The van der Waals surface area contributed by atoms with E-state index in [0.717, 1.165) is 6.66 Å². The van der Waals surface area contributed by atoms with E-state index >= 15 is 0 Å². The van der Waals surface area contributed by atoms with Crippen LogP contribution in [-0.2, 0) is 4.57 Å². The zero-order valence-corrected chi connectivity index (χ0v) is 9.31. The minimum atomic E-state index is -3.48. The van der Waals surface area contributed by atoms with Crippen molar-refractivity contribution in [2.24, 2.45) is 0 Å². The van der Waals surface area contributed by atoms with Crippen molar-refractivity contribution in [2.75, 3.05) is 13.3 Å². The Morgan fingerprint density at radius 3 is 2.40 bits per heavy atom. The molecule has 5 heteroatoms. The maximum absolute atomic E-state index is 10.9. The second-order valence-electron chi connectivity index (χ2n) is 2.97. The summed E-state index contributed by atoms with van der Waals surface area (Å²) >= 11 is 0. The van der Waals surface area contributed by atoms with Gasteiger partial charge < -0.3 is 14.2 Å². The molecule has 0 aromatic heterocycles. The lowest BCUT2D eigenvalue weighted by Crippen LogP contribution is -1.93. The summed E-state index contributed by atoms with van der Waals surface area (Å²) in [7, 11) is -3.48. The predicted octanol–water partition coefficient (Wildman–Crippen LogP) is 2.45. The van der Waals surface area contributed by atoms with Gasteiger partial charge in [-0.3, -0.25) is 0 Å². The molecule has 1 rings (SSSR count). The molecule has 1 aromatic rings. The number of hydrogen-bond acceptors (Lipinski definition) is 3. The maximum atomic E-state index is 10.9. The van der Waals surface area contributed by atoms with E-state index < -0.39 is 7.60 Å². The average Bonchev–Trinajstić information content (AvgIpc) is 2.14. The summed E-state index contributed by atoms with van der Waals surface area (Å²) in [6, 6.07) is 6.47. The lowest BCUT2D eigenvalue weighted by molar-refractivity contribution is 0.361. The minimum Gasteiger partial charge on any atom is -0.490 e. The van der Waals surface area contributed by atoms with Crippen molar-refractivity contribution in [3.63, 3.8) is 0 Å². The number of ether oxygens (including phenoxy) is 1. The Hall–Kier alpha value is -1.25. The summed E-state index contributed by atoms with van der Waals surface area (Å²) in [5.74, 6) is 1.00. The molecule has 0 saturated carbocycles. The summed E-state index contributed by atoms with van der Waals surface area (Å²) in [5, 5.41) is 0. The van der Waals surface area contributed by atoms with Gasteiger partial charge in [0.1, 0.15) is 18.1 Å². The summed E-state index contributed by atoms with van der Waals surface area (Å²) < 4.78 is 21.0. The van der Waals surface area contributed by atoms with E-state index in [0.29, 0.717) is 18.1 Å². The van der Waals surface area contributed by atoms with Gasteiger partial charge in [0.25, 0.3) is 0 Å². The van der Waals surface area contributed by atoms with Gasteiger partial charge in [0.05, 0.1) is 0 Å². The molecule has 0 radical (unpaired) electrons. The Kier molecular flexibility index (Phi) is 3.95. The fourth-order valence-corrected chi connectivity index (χ4v) is 1.46. The smallest absolute Gasteiger partial charge is 0.373 e. The van der Waals surface area contributed by atoms with Crippen LogP contribution in [0.2, 0.25) is 0 Å². The van der Waals surface area contributed by atoms with Crippen molar-refractivity contribution in [2.45, 2.75) is 0 Å². The van der Waals surface area contributed by atoms with E-state index in [-0.39, 0.29) is 0 Å². The summed E-state index contributed by atoms with van der Waals surface area (Å²) in [5.41, 5.74) is 0. The molecular weight excluding hydrogens is 215 g/mol. The third-order valence-electron chi connectivity index (χ3n) is 1.47.